The van der Waals surface area contributed by atoms with Crippen molar-refractivity contribution < 1.29 is 0 Å². The summed E-state index contributed by atoms with van der Waals surface area (Å²) in [4.78, 5) is 16.8. The van der Waals surface area contributed by atoms with Gasteiger partial charge in [0.25, 0.3) is 0 Å². The van der Waals surface area contributed by atoms with Crippen LogP contribution in [0.3, 0.4) is 0 Å². The van der Waals surface area contributed by atoms with Crippen LogP contribution < -0.4 is 11.2 Å². The largest absolute Gasteiger partial charge is 0.405 e. The molecule has 0 unspecified atom stereocenters. The number of allylic oxidation sites excluding steroid dienone is 1. The van der Waals surface area contributed by atoms with Gasteiger partial charge in [0.05, 0.1) is 17.1 Å². The SMILES string of the molecule is NC=CC(=Nc1ccccc1)c1nn(-c2ccc(Cl)cc2)ccc1=O. The highest BCUT2D eigenvalue weighted by atomic mass is 35.5. The number of benzene rings is 2. The number of aliphatic imine (C=N–C) groups is 1. The first-order chi connectivity index (χ1) is 12.2. The van der Waals surface area contributed by atoms with E-state index >= 15 is 0 Å². The summed E-state index contributed by atoms with van der Waals surface area (Å²) in [6, 6.07) is 17.9. The average Bonchev–Trinajstić information content (AvgIpc) is 2.63. The maximum Gasteiger partial charge on any atom is 0.209 e. The van der Waals surface area contributed by atoms with Crippen LogP contribution in [-0.4, -0.2) is 15.5 Å². The summed E-state index contributed by atoms with van der Waals surface area (Å²) >= 11 is 5.92. The minimum atomic E-state index is -0.238. The summed E-state index contributed by atoms with van der Waals surface area (Å²) in [6.07, 6.45) is 4.49. The Morgan fingerprint density at radius 2 is 1.80 bits per heavy atom. The highest BCUT2D eigenvalue weighted by Gasteiger charge is 2.10. The van der Waals surface area contributed by atoms with Gasteiger partial charge >= 0.3 is 0 Å². The van der Waals surface area contributed by atoms with Gasteiger partial charge in [-0.25, -0.2) is 9.67 Å². The van der Waals surface area contributed by atoms with E-state index < -0.39 is 0 Å². The van der Waals surface area contributed by atoms with Crippen molar-refractivity contribution in [2.24, 2.45) is 10.7 Å². The zero-order valence-corrected chi connectivity index (χ0v) is 14.0. The average molecular weight is 351 g/mol. The maximum atomic E-state index is 12.3. The van der Waals surface area contributed by atoms with Crippen LogP contribution in [0.1, 0.15) is 5.69 Å². The molecule has 3 aromatic rings. The third kappa shape index (κ3) is 4.02. The maximum absolute atomic E-state index is 12.3. The summed E-state index contributed by atoms with van der Waals surface area (Å²) < 4.78 is 1.60. The van der Waals surface area contributed by atoms with Crippen molar-refractivity contribution in [3.05, 3.63) is 100 Å². The lowest BCUT2D eigenvalue weighted by Crippen LogP contribution is -2.20. The fraction of sp³-hybridized carbons (Fsp3) is 0. The Morgan fingerprint density at radius 3 is 2.48 bits per heavy atom. The van der Waals surface area contributed by atoms with E-state index in [4.69, 9.17) is 17.3 Å². The molecule has 2 N–H and O–H groups in total. The van der Waals surface area contributed by atoms with Crippen LogP contribution in [-0.2, 0) is 0 Å². The van der Waals surface area contributed by atoms with Gasteiger partial charge in [-0.3, -0.25) is 4.79 Å². The topological polar surface area (TPSA) is 73.3 Å². The lowest BCUT2D eigenvalue weighted by molar-refractivity contribution is 0.829. The molecule has 0 saturated carbocycles. The van der Waals surface area contributed by atoms with Crippen LogP contribution in [0.2, 0.25) is 5.02 Å². The van der Waals surface area contributed by atoms with Crippen molar-refractivity contribution in [1.82, 2.24) is 9.78 Å². The molecule has 0 aliphatic rings. The van der Waals surface area contributed by atoms with Crippen molar-refractivity contribution in [2.75, 3.05) is 0 Å². The molecule has 0 spiro atoms. The van der Waals surface area contributed by atoms with Crippen LogP contribution in [0.25, 0.3) is 5.69 Å². The fourth-order valence-electron chi connectivity index (χ4n) is 2.22. The molecule has 0 radical (unpaired) electrons. The van der Waals surface area contributed by atoms with Crippen LogP contribution in [0.5, 0.6) is 0 Å². The van der Waals surface area contributed by atoms with E-state index in [1.165, 1.54) is 12.3 Å². The minimum absolute atomic E-state index is 0.211. The highest BCUT2D eigenvalue weighted by molar-refractivity contribution is 6.30. The van der Waals surface area contributed by atoms with Crippen LogP contribution >= 0.6 is 11.6 Å². The molecule has 0 bridgehead atoms. The van der Waals surface area contributed by atoms with Gasteiger partial charge in [-0.05, 0) is 48.7 Å². The number of rotatable bonds is 4. The minimum Gasteiger partial charge on any atom is -0.405 e. The van der Waals surface area contributed by atoms with Gasteiger partial charge in [0.2, 0.25) is 5.43 Å². The summed E-state index contributed by atoms with van der Waals surface area (Å²) in [6.45, 7) is 0. The molecule has 0 aliphatic heterocycles. The normalized spacial score (nSPS) is 11.8. The second kappa shape index (κ2) is 7.59. The molecule has 124 valence electrons. The first kappa shape index (κ1) is 16.7. The fourth-order valence-corrected chi connectivity index (χ4v) is 2.35. The molecule has 25 heavy (non-hydrogen) atoms. The van der Waals surface area contributed by atoms with Crippen LogP contribution in [0, 0.1) is 0 Å². The molecule has 2 aromatic carbocycles. The van der Waals surface area contributed by atoms with Gasteiger partial charge in [0.15, 0.2) is 5.69 Å². The molecule has 3 rings (SSSR count). The van der Waals surface area contributed by atoms with Gasteiger partial charge in [0.1, 0.15) is 0 Å². The highest BCUT2D eigenvalue weighted by Crippen LogP contribution is 2.14. The Balaban J connectivity index is 2.10. The number of nitrogens with zero attached hydrogens (tertiary/aromatic N) is 3. The zero-order chi connectivity index (χ0) is 17.6. The van der Waals surface area contributed by atoms with E-state index in [1.807, 2.05) is 42.5 Å². The Bertz CT molecular complexity index is 976. The Morgan fingerprint density at radius 1 is 1.08 bits per heavy atom. The van der Waals surface area contributed by atoms with E-state index in [1.54, 1.807) is 29.1 Å². The number of halogens is 1. The van der Waals surface area contributed by atoms with Gasteiger partial charge in [-0.15, -0.1) is 0 Å². The van der Waals surface area contributed by atoms with Crippen molar-refractivity contribution in [2.45, 2.75) is 0 Å². The van der Waals surface area contributed by atoms with Crippen LogP contribution in [0.15, 0.2) is 88.9 Å². The second-order valence-corrected chi connectivity index (χ2v) is 5.58. The summed E-state index contributed by atoms with van der Waals surface area (Å²) in [5, 5.41) is 5.04. The van der Waals surface area contributed by atoms with E-state index in [-0.39, 0.29) is 11.1 Å². The quantitative estimate of drug-likeness (QED) is 0.732. The predicted octanol–water partition coefficient (Wildman–Crippen LogP) is 3.48. The van der Waals surface area contributed by atoms with E-state index in [9.17, 15) is 4.79 Å². The molecule has 0 amide bonds. The molecule has 0 atom stereocenters. The number of hydrogen-bond acceptors (Lipinski definition) is 4. The standard InChI is InChI=1S/C19H15ClN4O/c20-14-6-8-16(9-7-14)24-13-11-18(25)19(23-24)17(10-12-21)22-15-4-2-1-3-5-15/h1-13H,21H2. The van der Waals surface area contributed by atoms with Crippen LogP contribution in [0.4, 0.5) is 5.69 Å². The molecule has 0 aliphatic carbocycles. The molecular weight excluding hydrogens is 336 g/mol. The summed E-state index contributed by atoms with van der Waals surface area (Å²) in [7, 11) is 0. The van der Waals surface area contributed by atoms with Gasteiger partial charge in [-0.2, -0.15) is 5.10 Å². The molecule has 0 saturated heterocycles. The third-order valence-electron chi connectivity index (χ3n) is 3.40. The lowest BCUT2D eigenvalue weighted by atomic mass is 10.2. The molecule has 0 fully saturated rings. The Labute approximate surface area is 149 Å². The van der Waals surface area contributed by atoms with Gasteiger partial charge in [0, 0.05) is 17.3 Å². The Hall–Kier alpha value is -3.18. The van der Waals surface area contributed by atoms with Crippen molar-refractivity contribution in [3.8, 4) is 5.69 Å². The predicted molar refractivity (Wildman–Crippen MR) is 101 cm³/mol. The zero-order valence-electron chi connectivity index (χ0n) is 13.2. The summed E-state index contributed by atoms with van der Waals surface area (Å²) in [5.41, 5.74) is 7.37. The number of aromatic nitrogens is 2. The van der Waals surface area contributed by atoms with E-state index in [0.717, 1.165) is 5.69 Å². The number of hydrogen-bond donors (Lipinski definition) is 1. The Kier molecular flexibility index (Phi) is 5.06. The van der Waals surface area contributed by atoms with E-state index in [0.29, 0.717) is 16.4 Å². The van der Waals surface area contributed by atoms with Crippen molar-refractivity contribution >= 4 is 23.0 Å². The number of nitrogens with two attached hydrogens (primary N) is 1. The third-order valence-corrected chi connectivity index (χ3v) is 3.65. The first-order valence-electron chi connectivity index (χ1n) is 7.56. The molecular formula is C19H15ClN4O. The molecule has 5 nitrogen and oxygen atoms in total. The van der Waals surface area contributed by atoms with Gasteiger partial charge < -0.3 is 5.73 Å². The van der Waals surface area contributed by atoms with Crippen molar-refractivity contribution in [3.63, 3.8) is 0 Å². The molecule has 1 aromatic heterocycles. The monoisotopic (exact) mass is 350 g/mol. The molecule has 1 heterocycles. The summed E-state index contributed by atoms with van der Waals surface area (Å²) in [5.74, 6) is 0. The molecule has 6 heteroatoms. The smallest absolute Gasteiger partial charge is 0.209 e. The lowest BCUT2D eigenvalue weighted by Gasteiger charge is -2.08. The van der Waals surface area contributed by atoms with Gasteiger partial charge in [-0.1, -0.05) is 29.8 Å². The first-order valence-corrected chi connectivity index (χ1v) is 7.93. The van der Waals surface area contributed by atoms with Crippen molar-refractivity contribution in [1.29, 1.82) is 0 Å². The van der Waals surface area contributed by atoms with E-state index in [2.05, 4.69) is 10.1 Å². The second-order valence-electron chi connectivity index (χ2n) is 5.14. The number of para-hydroxylation sites is 1.